The molecule has 0 aliphatic carbocycles. The number of hydrogen-bond donors (Lipinski definition) is 0. The number of nitrogens with zero attached hydrogens (tertiary/aromatic N) is 1. The predicted octanol–water partition coefficient (Wildman–Crippen LogP) is 5.78. The van der Waals surface area contributed by atoms with E-state index in [2.05, 4.69) is 19.2 Å². The van der Waals surface area contributed by atoms with E-state index in [0.717, 1.165) is 0 Å². The van der Waals surface area contributed by atoms with E-state index >= 15 is 0 Å². The SMILES string of the molecule is O=C(OCC(Cl)(Cl)Cl)OC(=O)c1ccc2cccnc2c1OC(=O)OCC(Cl)(Cl)Cl. The lowest BCUT2D eigenvalue weighted by atomic mass is 10.1. The second kappa shape index (κ2) is 10.3. The molecule has 8 nitrogen and oxygen atoms in total. The zero-order chi connectivity index (χ0) is 22.5. The Morgan fingerprint density at radius 2 is 1.47 bits per heavy atom. The summed E-state index contributed by atoms with van der Waals surface area (Å²) in [6.45, 7) is -1.30. The summed E-state index contributed by atoms with van der Waals surface area (Å²) in [5, 5.41) is 0.497. The summed E-state index contributed by atoms with van der Waals surface area (Å²) in [4.78, 5) is 40.1. The van der Waals surface area contributed by atoms with Crippen LogP contribution >= 0.6 is 69.6 Å². The van der Waals surface area contributed by atoms with Crippen LogP contribution in [0.4, 0.5) is 9.59 Å². The van der Waals surface area contributed by atoms with Crippen LogP contribution in [0.3, 0.4) is 0 Å². The van der Waals surface area contributed by atoms with Gasteiger partial charge in [-0.3, -0.25) is 4.98 Å². The van der Waals surface area contributed by atoms with Crippen LogP contribution in [-0.2, 0) is 14.2 Å². The molecule has 0 atom stereocenters. The summed E-state index contributed by atoms with van der Waals surface area (Å²) in [6, 6.07) is 5.95. The highest BCUT2D eigenvalue weighted by Crippen LogP contribution is 2.31. The van der Waals surface area contributed by atoms with Crippen molar-refractivity contribution in [2.24, 2.45) is 0 Å². The Labute approximate surface area is 199 Å². The third-order valence-corrected chi connectivity index (χ3v) is 3.67. The van der Waals surface area contributed by atoms with Crippen LogP contribution in [-0.4, -0.2) is 44.1 Å². The molecule has 0 fully saturated rings. The molecule has 0 spiro atoms. The van der Waals surface area contributed by atoms with Gasteiger partial charge in [0.15, 0.2) is 5.75 Å². The minimum atomic E-state index is -1.91. The lowest BCUT2D eigenvalue weighted by molar-refractivity contribution is 0.0388. The van der Waals surface area contributed by atoms with Gasteiger partial charge >= 0.3 is 18.3 Å². The van der Waals surface area contributed by atoms with E-state index in [1.807, 2.05) is 0 Å². The van der Waals surface area contributed by atoms with E-state index in [1.165, 1.54) is 18.3 Å². The maximum atomic E-state index is 12.4. The van der Waals surface area contributed by atoms with Gasteiger partial charge < -0.3 is 18.9 Å². The Kier molecular flexibility index (Phi) is 8.50. The van der Waals surface area contributed by atoms with Crippen molar-refractivity contribution in [2.75, 3.05) is 13.2 Å². The van der Waals surface area contributed by atoms with E-state index < -0.39 is 39.1 Å². The molecule has 0 saturated heterocycles. The Hall–Kier alpha value is -1.42. The smallest absolute Gasteiger partial charge is 0.429 e. The fraction of sp³-hybridized carbons (Fsp3) is 0.250. The van der Waals surface area contributed by atoms with Crippen LogP contribution in [0.15, 0.2) is 30.5 Å². The van der Waals surface area contributed by atoms with Gasteiger partial charge in [-0.25, -0.2) is 14.4 Å². The van der Waals surface area contributed by atoms with Crippen molar-refractivity contribution in [1.29, 1.82) is 0 Å². The molecule has 30 heavy (non-hydrogen) atoms. The molecular weight excluding hydrogens is 531 g/mol. The Morgan fingerprint density at radius 3 is 2.07 bits per heavy atom. The first-order valence-corrected chi connectivity index (χ1v) is 9.87. The van der Waals surface area contributed by atoms with Gasteiger partial charge in [-0.05, 0) is 12.1 Å². The van der Waals surface area contributed by atoms with Crippen molar-refractivity contribution in [3.63, 3.8) is 0 Å². The molecule has 2 rings (SSSR count). The minimum absolute atomic E-state index is 0.0902. The van der Waals surface area contributed by atoms with Gasteiger partial charge in [-0.15, -0.1) is 0 Å². The van der Waals surface area contributed by atoms with E-state index in [4.69, 9.17) is 74.3 Å². The number of pyridine rings is 1. The highest BCUT2D eigenvalue weighted by Gasteiger charge is 2.28. The third-order valence-electron chi connectivity index (χ3n) is 3.02. The second-order valence-corrected chi connectivity index (χ2v) is 10.3. The highest BCUT2D eigenvalue weighted by molar-refractivity contribution is 6.68. The van der Waals surface area contributed by atoms with Gasteiger partial charge in [-0.2, -0.15) is 0 Å². The zero-order valence-corrected chi connectivity index (χ0v) is 18.9. The van der Waals surface area contributed by atoms with Crippen molar-refractivity contribution in [2.45, 2.75) is 7.59 Å². The summed E-state index contributed by atoms with van der Waals surface area (Å²) < 4.78 is 15.0. The van der Waals surface area contributed by atoms with Crippen molar-refractivity contribution >= 4 is 98.8 Å². The van der Waals surface area contributed by atoms with Crippen molar-refractivity contribution in [1.82, 2.24) is 4.98 Å². The molecule has 1 aromatic heterocycles. The number of rotatable bonds is 4. The standard InChI is InChI=1S/C16H9Cl6NO7/c17-15(18,19)6-27-13(25)29-11-9(4-3-8-2-1-5-23-10(8)11)12(24)30-14(26)28-7-16(20,21)22/h1-5H,6-7H2. The van der Waals surface area contributed by atoms with E-state index in [-0.39, 0.29) is 16.8 Å². The number of hydrogen-bond acceptors (Lipinski definition) is 8. The van der Waals surface area contributed by atoms with Crippen molar-refractivity contribution in [3.8, 4) is 5.75 Å². The number of benzene rings is 1. The molecule has 2 aromatic rings. The zero-order valence-electron chi connectivity index (χ0n) is 14.4. The Balaban J connectivity index is 2.26. The maximum Gasteiger partial charge on any atom is 0.516 e. The molecule has 0 radical (unpaired) electrons. The molecule has 162 valence electrons. The lowest BCUT2D eigenvalue weighted by Crippen LogP contribution is -2.22. The normalized spacial score (nSPS) is 11.7. The van der Waals surface area contributed by atoms with Crippen molar-refractivity contribution in [3.05, 3.63) is 36.0 Å². The van der Waals surface area contributed by atoms with Gasteiger partial charge in [-0.1, -0.05) is 81.7 Å². The first kappa shape index (κ1) is 24.8. The number of esters is 1. The van der Waals surface area contributed by atoms with Crippen LogP contribution in [0, 0.1) is 0 Å². The first-order chi connectivity index (χ1) is 13.9. The average molecular weight is 540 g/mol. The molecule has 1 heterocycles. The summed E-state index contributed by atoms with van der Waals surface area (Å²) >= 11 is 32.9. The molecule has 0 bridgehead atoms. The van der Waals surface area contributed by atoms with Gasteiger partial charge in [0.1, 0.15) is 24.3 Å². The van der Waals surface area contributed by atoms with Gasteiger partial charge in [0, 0.05) is 11.6 Å². The van der Waals surface area contributed by atoms with Crippen LogP contribution in [0.2, 0.25) is 0 Å². The number of carbonyl (C=O) groups excluding carboxylic acids is 3. The molecule has 0 aliphatic rings. The van der Waals surface area contributed by atoms with Crippen LogP contribution < -0.4 is 4.74 Å². The molecule has 0 N–H and O–H groups in total. The monoisotopic (exact) mass is 537 g/mol. The summed E-state index contributed by atoms with van der Waals surface area (Å²) in [7, 11) is 0. The number of alkyl halides is 6. The topological polar surface area (TPSA) is 101 Å². The Bertz CT molecular complexity index is 957. The number of fused-ring (bicyclic) bond motifs is 1. The fourth-order valence-electron chi connectivity index (χ4n) is 1.94. The van der Waals surface area contributed by atoms with E-state index in [1.54, 1.807) is 12.1 Å². The largest absolute Gasteiger partial charge is 0.516 e. The summed E-state index contributed by atoms with van der Waals surface area (Å²) in [5.74, 6) is -1.59. The summed E-state index contributed by atoms with van der Waals surface area (Å²) in [6.07, 6.45) is -1.36. The summed E-state index contributed by atoms with van der Waals surface area (Å²) in [5.41, 5.74) is -0.259. The fourth-order valence-corrected chi connectivity index (χ4v) is 2.26. The van der Waals surface area contributed by atoms with Crippen LogP contribution in [0.1, 0.15) is 10.4 Å². The average Bonchev–Trinajstić information content (AvgIpc) is 2.64. The highest BCUT2D eigenvalue weighted by atomic mass is 35.6. The first-order valence-electron chi connectivity index (χ1n) is 7.60. The predicted molar refractivity (Wildman–Crippen MR) is 111 cm³/mol. The molecule has 0 aliphatic heterocycles. The quantitative estimate of drug-likeness (QED) is 0.208. The number of ether oxygens (including phenoxy) is 4. The van der Waals surface area contributed by atoms with E-state index in [9.17, 15) is 14.4 Å². The molecule has 0 saturated carbocycles. The lowest BCUT2D eigenvalue weighted by Gasteiger charge is -2.14. The third kappa shape index (κ3) is 8.02. The maximum absolute atomic E-state index is 12.4. The van der Waals surface area contributed by atoms with Gasteiger partial charge in [0.25, 0.3) is 0 Å². The van der Waals surface area contributed by atoms with Crippen molar-refractivity contribution < 1.29 is 33.3 Å². The van der Waals surface area contributed by atoms with Crippen LogP contribution in [0.5, 0.6) is 5.75 Å². The number of halogens is 6. The number of aromatic nitrogens is 1. The van der Waals surface area contributed by atoms with Gasteiger partial charge in [0.2, 0.25) is 7.59 Å². The molecule has 0 unspecified atom stereocenters. The molecule has 14 heteroatoms. The second-order valence-electron chi connectivity index (χ2n) is 5.32. The Morgan fingerprint density at radius 1 is 0.867 bits per heavy atom. The number of carbonyl (C=O) groups is 3. The molecular formula is C16H9Cl6NO7. The van der Waals surface area contributed by atoms with Gasteiger partial charge in [0.05, 0.1) is 0 Å². The minimum Gasteiger partial charge on any atom is -0.429 e. The molecule has 1 aromatic carbocycles. The van der Waals surface area contributed by atoms with Crippen LogP contribution in [0.25, 0.3) is 10.9 Å². The molecule has 0 amide bonds. The van der Waals surface area contributed by atoms with E-state index in [0.29, 0.717) is 5.39 Å².